The molecule has 1 aliphatic heterocycles. The lowest BCUT2D eigenvalue weighted by atomic mass is 10.0. The first-order valence-corrected chi connectivity index (χ1v) is 7.47. The zero-order chi connectivity index (χ0) is 14.8. The molecule has 1 unspecified atom stereocenters. The Kier molecular flexibility index (Phi) is 3.59. The summed E-state index contributed by atoms with van der Waals surface area (Å²) in [7, 11) is 0. The second-order valence-corrected chi connectivity index (χ2v) is 6.02. The highest BCUT2D eigenvalue weighted by atomic mass is 32.2. The number of rotatable bonds is 2. The van der Waals surface area contributed by atoms with E-state index in [1.165, 1.54) is 5.56 Å². The number of aryl methyl sites for hydroxylation is 1. The quantitative estimate of drug-likeness (QED) is 0.912. The number of nitrogens with zero attached hydrogens (tertiary/aromatic N) is 1. The third-order valence-electron chi connectivity index (χ3n) is 3.34. The lowest BCUT2D eigenvalue weighted by Gasteiger charge is -2.25. The SMILES string of the molecule is Cc1ccc(SC2C(C#N)=C(N)Oc3ccccc32)cc1. The number of para-hydroxylation sites is 1. The van der Waals surface area contributed by atoms with Crippen molar-refractivity contribution in [1.29, 1.82) is 5.26 Å². The number of nitrogens with two attached hydrogens (primary N) is 1. The van der Waals surface area contributed by atoms with Gasteiger partial charge in [0.25, 0.3) is 0 Å². The molecule has 21 heavy (non-hydrogen) atoms. The maximum absolute atomic E-state index is 9.40. The maximum Gasteiger partial charge on any atom is 0.206 e. The third kappa shape index (κ3) is 2.61. The minimum atomic E-state index is -0.136. The Morgan fingerprint density at radius 2 is 1.86 bits per heavy atom. The van der Waals surface area contributed by atoms with Crippen molar-refractivity contribution in [3.63, 3.8) is 0 Å². The number of ether oxygens (including phenoxy) is 1. The minimum absolute atomic E-state index is 0.136. The van der Waals surface area contributed by atoms with Gasteiger partial charge in [-0.3, -0.25) is 0 Å². The van der Waals surface area contributed by atoms with Crippen LogP contribution >= 0.6 is 11.8 Å². The maximum atomic E-state index is 9.40. The molecule has 0 aromatic heterocycles. The Balaban J connectivity index is 2.02. The lowest BCUT2D eigenvalue weighted by Crippen LogP contribution is -2.18. The van der Waals surface area contributed by atoms with E-state index in [2.05, 4.69) is 37.3 Å². The van der Waals surface area contributed by atoms with Gasteiger partial charge in [-0.05, 0) is 25.1 Å². The van der Waals surface area contributed by atoms with Crippen LogP contribution in [-0.4, -0.2) is 0 Å². The average Bonchev–Trinajstić information content (AvgIpc) is 2.49. The topological polar surface area (TPSA) is 59.0 Å². The van der Waals surface area contributed by atoms with Crippen LogP contribution in [0.3, 0.4) is 0 Å². The van der Waals surface area contributed by atoms with Gasteiger partial charge >= 0.3 is 0 Å². The molecule has 3 rings (SSSR count). The van der Waals surface area contributed by atoms with Crippen molar-refractivity contribution in [1.82, 2.24) is 0 Å². The number of benzene rings is 2. The van der Waals surface area contributed by atoms with Gasteiger partial charge in [0.15, 0.2) is 0 Å². The Morgan fingerprint density at radius 1 is 1.14 bits per heavy atom. The average molecular weight is 294 g/mol. The summed E-state index contributed by atoms with van der Waals surface area (Å²) in [6.07, 6.45) is 0. The number of nitriles is 1. The monoisotopic (exact) mass is 294 g/mol. The van der Waals surface area contributed by atoms with Crippen molar-refractivity contribution in [3.8, 4) is 11.8 Å². The van der Waals surface area contributed by atoms with Crippen LogP contribution in [0.4, 0.5) is 0 Å². The van der Waals surface area contributed by atoms with E-state index in [9.17, 15) is 5.26 Å². The van der Waals surface area contributed by atoms with Crippen LogP contribution in [0, 0.1) is 18.3 Å². The van der Waals surface area contributed by atoms with Crippen LogP contribution in [0.15, 0.2) is 64.9 Å². The molecule has 2 aromatic carbocycles. The smallest absolute Gasteiger partial charge is 0.206 e. The van der Waals surface area contributed by atoms with E-state index in [1.807, 2.05) is 24.3 Å². The first-order valence-electron chi connectivity index (χ1n) is 6.59. The summed E-state index contributed by atoms with van der Waals surface area (Å²) < 4.78 is 5.54. The van der Waals surface area contributed by atoms with E-state index in [1.54, 1.807) is 11.8 Å². The normalized spacial score (nSPS) is 16.9. The molecule has 0 bridgehead atoms. The molecular formula is C17H14N2OS. The molecule has 0 spiro atoms. The van der Waals surface area contributed by atoms with Crippen molar-refractivity contribution in [2.24, 2.45) is 5.73 Å². The molecule has 1 heterocycles. The summed E-state index contributed by atoms with van der Waals surface area (Å²) in [5, 5.41) is 9.26. The Labute approximate surface area is 128 Å². The second kappa shape index (κ2) is 5.55. The summed E-state index contributed by atoms with van der Waals surface area (Å²) in [4.78, 5) is 1.10. The molecule has 0 fully saturated rings. The van der Waals surface area contributed by atoms with Gasteiger partial charge in [0.2, 0.25) is 5.88 Å². The van der Waals surface area contributed by atoms with Crippen molar-refractivity contribution in [2.45, 2.75) is 17.1 Å². The highest BCUT2D eigenvalue weighted by Gasteiger charge is 2.29. The number of hydrogen-bond donors (Lipinski definition) is 1. The van der Waals surface area contributed by atoms with Gasteiger partial charge in [-0.2, -0.15) is 5.26 Å². The molecule has 4 heteroatoms. The summed E-state index contributed by atoms with van der Waals surface area (Å²) in [5.74, 6) is 0.916. The van der Waals surface area contributed by atoms with Crippen LogP contribution in [0.25, 0.3) is 0 Å². The van der Waals surface area contributed by atoms with Crippen molar-refractivity contribution in [2.75, 3.05) is 0 Å². The predicted molar refractivity (Wildman–Crippen MR) is 83.7 cm³/mol. The lowest BCUT2D eigenvalue weighted by molar-refractivity contribution is 0.398. The molecule has 0 aliphatic carbocycles. The van der Waals surface area contributed by atoms with Gasteiger partial charge in [0.1, 0.15) is 17.4 Å². The van der Waals surface area contributed by atoms with Crippen molar-refractivity contribution < 1.29 is 4.74 Å². The third-order valence-corrected chi connectivity index (χ3v) is 4.61. The first-order chi connectivity index (χ1) is 10.2. The molecule has 1 aliphatic rings. The first kappa shape index (κ1) is 13.6. The fourth-order valence-electron chi connectivity index (χ4n) is 2.24. The summed E-state index contributed by atoms with van der Waals surface area (Å²) in [5.41, 5.74) is 8.56. The minimum Gasteiger partial charge on any atom is -0.440 e. The van der Waals surface area contributed by atoms with E-state index in [0.717, 1.165) is 16.2 Å². The molecule has 2 N–H and O–H groups in total. The van der Waals surface area contributed by atoms with Crippen molar-refractivity contribution in [3.05, 3.63) is 71.1 Å². The van der Waals surface area contributed by atoms with E-state index < -0.39 is 0 Å². The molecule has 0 radical (unpaired) electrons. The molecule has 0 amide bonds. The van der Waals surface area contributed by atoms with E-state index in [-0.39, 0.29) is 11.1 Å². The Morgan fingerprint density at radius 3 is 2.57 bits per heavy atom. The molecule has 104 valence electrons. The molecule has 2 aromatic rings. The van der Waals surface area contributed by atoms with Crippen LogP contribution in [-0.2, 0) is 0 Å². The summed E-state index contributed by atoms with van der Waals surface area (Å²) in [6, 6.07) is 18.1. The van der Waals surface area contributed by atoms with E-state index >= 15 is 0 Å². The van der Waals surface area contributed by atoms with Gasteiger partial charge in [0, 0.05) is 10.5 Å². The largest absolute Gasteiger partial charge is 0.440 e. The van der Waals surface area contributed by atoms with Crippen LogP contribution in [0.5, 0.6) is 5.75 Å². The van der Waals surface area contributed by atoms with Crippen LogP contribution in [0.1, 0.15) is 16.4 Å². The zero-order valence-corrected chi connectivity index (χ0v) is 12.4. The molecule has 3 nitrogen and oxygen atoms in total. The number of fused-ring (bicyclic) bond motifs is 1. The predicted octanol–water partition coefficient (Wildman–Crippen LogP) is 3.91. The highest BCUT2D eigenvalue weighted by molar-refractivity contribution is 7.99. The van der Waals surface area contributed by atoms with Crippen molar-refractivity contribution >= 4 is 11.8 Å². The van der Waals surface area contributed by atoms with Crippen LogP contribution < -0.4 is 10.5 Å². The standard InChI is InChI=1S/C17H14N2OS/c1-11-6-8-12(9-7-11)21-16-13-4-2-3-5-15(13)20-17(19)14(16)10-18/h2-9,16H,19H2,1H3. The van der Waals surface area contributed by atoms with Gasteiger partial charge in [-0.1, -0.05) is 35.9 Å². The number of thioether (sulfide) groups is 1. The number of hydrogen-bond acceptors (Lipinski definition) is 4. The summed E-state index contributed by atoms with van der Waals surface area (Å²) >= 11 is 1.61. The van der Waals surface area contributed by atoms with Gasteiger partial charge < -0.3 is 10.5 Å². The Bertz CT molecular complexity index is 744. The second-order valence-electron chi connectivity index (χ2n) is 4.84. The van der Waals surface area contributed by atoms with Gasteiger partial charge in [-0.15, -0.1) is 11.8 Å². The fourth-order valence-corrected chi connectivity index (χ4v) is 3.41. The highest BCUT2D eigenvalue weighted by Crippen LogP contribution is 2.47. The zero-order valence-electron chi connectivity index (χ0n) is 11.5. The fraction of sp³-hybridized carbons (Fsp3) is 0.118. The van der Waals surface area contributed by atoms with E-state index in [0.29, 0.717) is 5.57 Å². The molecule has 0 saturated carbocycles. The van der Waals surface area contributed by atoms with Gasteiger partial charge in [-0.25, -0.2) is 0 Å². The van der Waals surface area contributed by atoms with E-state index in [4.69, 9.17) is 10.5 Å². The van der Waals surface area contributed by atoms with Gasteiger partial charge in [0.05, 0.1) is 5.25 Å². The summed E-state index contributed by atoms with van der Waals surface area (Å²) in [6.45, 7) is 2.05. The Hall–Kier alpha value is -2.38. The molecule has 0 saturated heterocycles. The molecule has 1 atom stereocenters. The van der Waals surface area contributed by atoms with Crippen LogP contribution in [0.2, 0.25) is 0 Å². The molecular weight excluding hydrogens is 280 g/mol.